The van der Waals surface area contributed by atoms with Crippen LogP contribution in [-0.4, -0.2) is 30.5 Å². The molecule has 0 amide bonds. The minimum Gasteiger partial charge on any atom is -0.361 e. The van der Waals surface area contributed by atoms with Gasteiger partial charge in [0.1, 0.15) is 0 Å². The Labute approximate surface area is 84.5 Å². The van der Waals surface area contributed by atoms with Gasteiger partial charge in [-0.2, -0.15) is 0 Å². The largest absolute Gasteiger partial charge is 0.361 e. The van der Waals surface area contributed by atoms with E-state index >= 15 is 0 Å². The molecule has 1 aromatic heterocycles. The summed E-state index contributed by atoms with van der Waals surface area (Å²) in [5, 5.41) is 1.36. The molecule has 2 aromatic rings. The van der Waals surface area contributed by atoms with E-state index in [2.05, 4.69) is 54.4 Å². The molecule has 0 radical (unpaired) electrons. The number of nitrogens with one attached hydrogen (secondary N) is 1. The molecule has 14 heavy (non-hydrogen) atoms. The number of benzene rings is 1. The fraction of sp³-hybridized carbons (Fsp3) is 0.333. The average molecular weight is 187 g/mol. The first-order valence-corrected chi connectivity index (χ1v) is 4.97. The van der Waals surface area contributed by atoms with Crippen LogP contribution in [0.15, 0.2) is 30.5 Å². The molecular formula is C12H16N2. The third kappa shape index (κ3) is 1.80. The zero-order valence-electron chi connectivity index (χ0n) is 8.75. The molecule has 1 N–H and O–H groups in total. The van der Waals surface area contributed by atoms with Crippen LogP contribution in [-0.2, 0) is 6.42 Å². The second-order valence-corrected chi connectivity index (χ2v) is 3.91. The second kappa shape index (κ2) is 3.84. The summed E-state index contributed by atoms with van der Waals surface area (Å²) >= 11 is 0. The van der Waals surface area contributed by atoms with Crippen LogP contribution in [0.3, 0.4) is 0 Å². The van der Waals surface area contributed by atoms with E-state index in [1.807, 2.05) is 0 Å². The number of aromatic nitrogens is 1. The topological polar surface area (TPSA) is 19.0 Å². The van der Waals surface area contributed by atoms with Crippen molar-refractivity contribution < 1.29 is 0 Å². The van der Waals surface area contributed by atoms with E-state index in [1.54, 1.807) is 0 Å². The zero-order valence-corrected chi connectivity index (χ0v) is 8.75. The number of H-pyrrole nitrogens is 1. The maximum Gasteiger partial charge on any atom is 0.0456 e. The Morgan fingerprint density at radius 1 is 1.21 bits per heavy atom. The molecule has 0 atom stereocenters. The highest BCUT2D eigenvalue weighted by atomic mass is 15.0. The summed E-state index contributed by atoms with van der Waals surface area (Å²) in [4.78, 5) is 5.50. The number of para-hydroxylation sites is 1. The predicted octanol–water partition coefficient (Wildman–Crippen LogP) is 2.27. The van der Waals surface area contributed by atoms with Crippen molar-refractivity contribution in [2.45, 2.75) is 6.42 Å². The van der Waals surface area contributed by atoms with Crippen LogP contribution < -0.4 is 0 Å². The molecular weight excluding hydrogens is 171 g/mol. The SMILES string of the molecule is CN([11CH3])CCc1c[nH]c2ccccc12. The lowest BCUT2D eigenvalue weighted by molar-refractivity contribution is 0.414. The molecule has 0 unspecified atom stereocenters. The summed E-state index contributed by atoms with van der Waals surface area (Å²) in [6.45, 7) is 1.10. The van der Waals surface area contributed by atoms with Crippen LogP contribution in [0.5, 0.6) is 0 Å². The molecule has 2 rings (SSSR count). The minimum atomic E-state index is 1.10. The Hall–Kier alpha value is -1.28. The Bertz CT molecular complexity index is 415. The van der Waals surface area contributed by atoms with E-state index in [1.165, 1.54) is 16.5 Å². The van der Waals surface area contributed by atoms with Gasteiger partial charge in [-0.3, -0.25) is 0 Å². The molecule has 1 aromatic carbocycles. The number of hydrogen-bond acceptors (Lipinski definition) is 1. The fourth-order valence-electron chi connectivity index (χ4n) is 1.68. The van der Waals surface area contributed by atoms with Crippen molar-refractivity contribution in [1.82, 2.24) is 9.88 Å². The van der Waals surface area contributed by atoms with Gasteiger partial charge >= 0.3 is 0 Å². The number of likely N-dealkylation sites (N-methyl/N-ethyl adjacent to an activating group) is 1. The third-order valence-corrected chi connectivity index (χ3v) is 2.50. The summed E-state index contributed by atoms with van der Waals surface area (Å²) in [5.74, 6) is 0. The van der Waals surface area contributed by atoms with Gasteiger partial charge in [0.05, 0.1) is 0 Å². The summed E-state index contributed by atoms with van der Waals surface area (Å²) in [6, 6.07) is 8.45. The Morgan fingerprint density at radius 2 is 2.00 bits per heavy atom. The van der Waals surface area contributed by atoms with Gasteiger partial charge in [-0.15, -0.1) is 0 Å². The predicted molar refractivity (Wildman–Crippen MR) is 60.6 cm³/mol. The molecule has 74 valence electrons. The highest BCUT2D eigenvalue weighted by Gasteiger charge is 2.02. The Morgan fingerprint density at radius 3 is 2.79 bits per heavy atom. The number of fused-ring (bicyclic) bond motifs is 1. The number of rotatable bonds is 3. The van der Waals surface area contributed by atoms with Crippen molar-refractivity contribution >= 4 is 10.9 Å². The van der Waals surface area contributed by atoms with Crippen molar-refractivity contribution in [3.63, 3.8) is 0 Å². The van der Waals surface area contributed by atoms with Crippen LogP contribution in [0, 0.1) is 0 Å². The fourth-order valence-corrected chi connectivity index (χ4v) is 1.68. The van der Waals surface area contributed by atoms with E-state index in [4.69, 9.17) is 0 Å². The van der Waals surface area contributed by atoms with E-state index in [0.717, 1.165) is 13.0 Å². The van der Waals surface area contributed by atoms with E-state index < -0.39 is 0 Å². The zero-order chi connectivity index (χ0) is 9.97. The van der Waals surface area contributed by atoms with Gasteiger partial charge in [0, 0.05) is 23.6 Å². The van der Waals surface area contributed by atoms with Crippen molar-refractivity contribution in [3.05, 3.63) is 36.0 Å². The summed E-state index contributed by atoms with van der Waals surface area (Å²) in [5.41, 5.74) is 2.65. The summed E-state index contributed by atoms with van der Waals surface area (Å²) < 4.78 is 0. The average Bonchev–Trinajstić information content (AvgIpc) is 2.58. The van der Waals surface area contributed by atoms with Crippen LogP contribution in [0.2, 0.25) is 0 Å². The molecule has 0 aliphatic heterocycles. The molecule has 0 saturated heterocycles. The van der Waals surface area contributed by atoms with Crippen molar-refractivity contribution in [2.24, 2.45) is 0 Å². The van der Waals surface area contributed by atoms with Crippen molar-refractivity contribution in [3.8, 4) is 0 Å². The summed E-state index contributed by atoms with van der Waals surface area (Å²) in [7, 11) is 4.21. The second-order valence-electron chi connectivity index (χ2n) is 3.91. The van der Waals surface area contributed by atoms with Crippen LogP contribution >= 0.6 is 0 Å². The van der Waals surface area contributed by atoms with E-state index in [9.17, 15) is 0 Å². The molecule has 2 nitrogen and oxygen atoms in total. The monoisotopic (exact) mass is 187 g/mol. The smallest absolute Gasteiger partial charge is 0.0456 e. The molecule has 0 saturated carbocycles. The van der Waals surface area contributed by atoms with Gasteiger partial charge in [-0.05, 0) is 32.1 Å². The third-order valence-electron chi connectivity index (χ3n) is 2.50. The maximum atomic E-state index is 3.29. The van der Waals surface area contributed by atoms with E-state index in [0.29, 0.717) is 0 Å². The van der Waals surface area contributed by atoms with Gasteiger partial charge in [0.2, 0.25) is 0 Å². The lowest BCUT2D eigenvalue weighted by atomic mass is 10.1. The lowest BCUT2D eigenvalue weighted by Gasteiger charge is -2.07. The number of aromatic amines is 1. The molecule has 0 aliphatic rings. The first-order chi connectivity index (χ1) is 6.77. The first kappa shape index (κ1) is 9.28. The van der Waals surface area contributed by atoms with Crippen LogP contribution in [0.1, 0.15) is 5.56 Å². The highest BCUT2D eigenvalue weighted by molar-refractivity contribution is 5.83. The number of hydrogen-bond donors (Lipinski definition) is 1. The molecule has 2 heteroatoms. The Kier molecular flexibility index (Phi) is 2.55. The molecule has 0 fully saturated rings. The van der Waals surface area contributed by atoms with Gasteiger partial charge in [0.25, 0.3) is 0 Å². The number of nitrogens with zero attached hydrogens (tertiary/aromatic N) is 1. The van der Waals surface area contributed by atoms with Crippen molar-refractivity contribution in [2.75, 3.05) is 20.6 Å². The van der Waals surface area contributed by atoms with Crippen molar-refractivity contribution in [1.29, 1.82) is 0 Å². The molecule has 0 aliphatic carbocycles. The minimum absolute atomic E-state index is 1.10. The van der Waals surface area contributed by atoms with E-state index in [-0.39, 0.29) is 0 Å². The van der Waals surface area contributed by atoms with Crippen LogP contribution in [0.25, 0.3) is 10.9 Å². The molecule has 1 heterocycles. The Balaban J connectivity index is 2.25. The highest BCUT2D eigenvalue weighted by Crippen LogP contribution is 2.17. The van der Waals surface area contributed by atoms with Gasteiger partial charge in [-0.1, -0.05) is 18.2 Å². The van der Waals surface area contributed by atoms with Gasteiger partial charge < -0.3 is 9.88 Å². The molecule has 0 bridgehead atoms. The lowest BCUT2D eigenvalue weighted by Crippen LogP contribution is -2.14. The van der Waals surface area contributed by atoms with Gasteiger partial charge in [-0.25, -0.2) is 0 Å². The van der Waals surface area contributed by atoms with Crippen LogP contribution in [0.4, 0.5) is 0 Å². The summed E-state index contributed by atoms with van der Waals surface area (Å²) in [6.07, 6.45) is 3.23. The standard InChI is InChI=1S/C12H16N2/c1-14(2)8-7-10-9-13-12-6-4-3-5-11(10)12/h3-6,9,13H,7-8H2,1-2H3/i1-1. The normalized spacial score (nSPS) is 11.4. The maximum absolute atomic E-state index is 3.29. The quantitative estimate of drug-likeness (QED) is 0.781. The first-order valence-electron chi connectivity index (χ1n) is 4.97. The molecule has 0 spiro atoms. The van der Waals surface area contributed by atoms with Gasteiger partial charge in [0.15, 0.2) is 0 Å².